The summed E-state index contributed by atoms with van der Waals surface area (Å²) in [6.45, 7) is 6.12. The Morgan fingerprint density at radius 2 is 1.97 bits per heavy atom. The Kier molecular flexibility index (Phi) is 5.78. The number of hydrogen-bond acceptors (Lipinski definition) is 5. The van der Waals surface area contributed by atoms with Crippen LogP contribution in [0.15, 0.2) is 66.3 Å². The number of nitrogens with zero attached hydrogens (tertiary/aromatic N) is 4. The summed E-state index contributed by atoms with van der Waals surface area (Å²) in [7, 11) is 0. The number of amides is 1. The highest BCUT2D eigenvalue weighted by atomic mass is 32.2. The van der Waals surface area contributed by atoms with Crippen LogP contribution < -0.4 is 0 Å². The highest BCUT2D eigenvalue weighted by Crippen LogP contribution is 2.33. The number of hydrogen-bond donors (Lipinski definition) is 0. The van der Waals surface area contributed by atoms with Crippen molar-refractivity contribution in [1.29, 1.82) is 0 Å². The van der Waals surface area contributed by atoms with Crippen molar-refractivity contribution in [1.82, 2.24) is 19.4 Å². The van der Waals surface area contributed by atoms with Gasteiger partial charge in [0.05, 0.1) is 32.0 Å². The lowest BCUT2D eigenvalue weighted by Gasteiger charge is -2.31. The number of imidazole rings is 1. The van der Waals surface area contributed by atoms with Crippen molar-refractivity contribution in [3.63, 3.8) is 0 Å². The number of aromatic nitrogens is 3. The summed E-state index contributed by atoms with van der Waals surface area (Å²) in [5, 5.41) is 2.02. The number of benzene rings is 2. The fourth-order valence-corrected chi connectivity index (χ4v) is 6.18. The first-order valence-corrected chi connectivity index (χ1v) is 12.4. The second-order valence-electron chi connectivity index (χ2n) is 7.77. The van der Waals surface area contributed by atoms with E-state index in [1.807, 2.05) is 35.2 Å². The molecule has 0 N–H and O–H groups in total. The van der Waals surface area contributed by atoms with Crippen LogP contribution >= 0.6 is 23.1 Å². The first-order chi connectivity index (χ1) is 15.2. The minimum atomic E-state index is 0.174. The van der Waals surface area contributed by atoms with Gasteiger partial charge in [-0.1, -0.05) is 42.1 Å². The number of thiazole rings is 1. The van der Waals surface area contributed by atoms with Crippen LogP contribution in [0.3, 0.4) is 0 Å². The highest BCUT2D eigenvalue weighted by molar-refractivity contribution is 7.99. The van der Waals surface area contributed by atoms with Crippen molar-refractivity contribution in [3.8, 4) is 0 Å². The van der Waals surface area contributed by atoms with Gasteiger partial charge in [-0.3, -0.25) is 4.79 Å². The summed E-state index contributed by atoms with van der Waals surface area (Å²) in [5.41, 5.74) is 3.09. The maximum atomic E-state index is 13.0. The quantitative estimate of drug-likeness (QED) is 0.295. The zero-order chi connectivity index (χ0) is 21.2. The fraction of sp³-hybridized carbons (Fsp3) is 0.292. The van der Waals surface area contributed by atoms with Gasteiger partial charge in [0.1, 0.15) is 0 Å². The van der Waals surface area contributed by atoms with Crippen LogP contribution in [0.2, 0.25) is 0 Å². The van der Waals surface area contributed by atoms with Crippen molar-refractivity contribution in [2.75, 3.05) is 18.8 Å². The van der Waals surface area contributed by atoms with E-state index in [9.17, 15) is 4.79 Å². The van der Waals surface area contributed by atoms with Gasteiger partial charge in [-0.25, -0.2) is 9.97 Å². The Morgan fingerprint density at radius 1 is 1.16 bits per heavy atom. The Balaban J connectivity index is 1.28. The number of thioether (sulfide) groups is 1. The molecule has 1 amide bonds. The highest BCUT2D eigenvalue weighted by Gasteiger charge is 2.27. The lowest BCUT2D eigenvalue weighted by atomic mass is 9.99. The Labute approximate surface area is 189 Å². The Bertz CT molecular complexity index is 1210. The van der Waals surface area contributed by atoms with Gasteiger partial charge in [0.2, 0.25) is 5.91 Å². The molecule has 1 fully saturated rings. The molecule has 0 bridgehead atoms. The van der Waals surface area contributed by atoms with E-state index in [4.69, 9.17) is 9.97 Å². The van der Waals surface area contributed by atoms with Gasteiger partial charge in [-0.05, 0) is 37.1 Å². The van der Waals surface area contributed by atoms with E-state index in [1.54, 1.807) is 11.3 Å². The van der Waals surface area contributed by atoms with Crippen molar-refractivity contribution in [2.24, 2.45) is 0 Å². The molecular weight excluding hydrogens is 424 g/mol. The molecule has 1 aliphatic rings. The minimum absolute atomic E-state index is 0.174. The Hall–Kier alpha value is -2.64. The summed E-state index contributed by atoms with van der Waals surface area (Å²) < 4.78 is 3.35. The van der Waals surface area contributed by atoms with E-state index in [0.29, 0.717) is 18.2 Å². The molecule has 1 atom stereocenters. The van der Waals surface area contributed by atoms with Gasteiger partial charge in [0.25, 0.3) is 0 Å². The molecule has 5 rings (SSSR count). The maximum absolute atomic E-state index is 13.0. The van der Waals surface area contributed by atoms with E-state index in [-0.39, 0.29) is 5.91 Å². The number of carbonyl (C=O) groups is 1. The monoisotopic (exact) mass is 448 g/mol. The molecule has 2 aromatic heterocycles. The third-order valence-corrected chi connectivity index (χ3v) is 7.85. The average Bonchev–Trinajstić information content (AvgIpc) is 3.40. The summed E-state index contributed by atoms with van der Waals surface area (Å²) >= 11 is 3.28. The van der Waals surface area contributed by atoms with Crippen molar-refractivity contribution in [3.05, 3.63) is 66.2 Å². The van der Waals surface area contributed by atoms with Crippen LogP contribution in [-0.4, -0.2) is 44.2 Å². The third kappa shape index (κ3) is 4.12. The van der Waals surface area contributed by atoms with E-state index in [2.05, 4.69) is 35.4 Å². The average molecular weight is 449 g/mol. The lowest BCUT2D eigenvalue weighted by Crippen LogP contribution is -2.40. The van der Waals surface area contributed by atoms with Gasteiger partial charge in [-0.2, -0.15) is 0 Å². The van der Waals surface area contributed by atoms with Gasteiger partial charge >= 0.3 is 0 Å². The van der Waals surface area contributed by atoms with Gasteiger partial charge in [0.15, 0.2) is 5.16 Å². The molecule has 3 heterocycles. The maximum Gasteiger partial charge on any atom is 0.233 e. The second-order valence-corrected chi connectivity index (χ2v) is 9.77. The zero-order valence-electron chi connectivity index (χ0n) is 17.2. The molecule has 0 aliphatic carbocycles. The predicted molar refractivity (Wildman–Crippen MR) is 129 cm³/mol. The molecule has 0 spiro atoms. The van der Waals surface area contributed by atoms with E-state index >= 15 is 0 Å². The van der Waals surface area contributed by atoms with Crippen molar-refractivity contribution < 1.29 is 4.79 Å². The molecule has 4 aromatic rings. The molecule has 5 nitrogen and oxygen atoms in total. The van der Waals surface area contributed by atoms with Gasteiger partial charge in [-0.15, -0.1) is 17.9 Å². The Morgan fingerprint density at radius 3 is 2.81 bits per heavy atom. The first kappa shape index (κ1) is 20.3. The van der Waals surface area contributed by atoms with Crippen molar-refractivity contribution >= 4 is 50.3 Å². The van der Waals surface area contributed by atoms with Crippen molar-refractivity contribution in [2.45, 2.75) is 30.5 Å². The number of rotatable bonds is 6. The first-order valence-electron chi connectivity index (χ1n) is 10.5. The SMILES string of the molecule is C=CCn1c(SCC(=O)N2CCCC(c3nc4ccccc4s3)C2)nc2ccccc21. The zero-order valence-corrected chi connectivity index (χ0v) is 18.9. The summed E-state index contributed by atoms with van der Waals surface area (Å²) in [6.07, 6.45) is 3.98. The van der Waals surface area contributed by atoms with Crippen LogP contribution in [0.5, 0.6) is 0 Å². The van der Waals surface area contributed by atoms with Crippen LogP contribution in [0.1, 0.15) is 23.8 Å². The predicted octanol–water partition coefficient (Wildman–Crippen LogP) is 5.33. The summed E-state index contributed by atoms with van der Waals surface area (Å²) in [4.78, 5) is 24.6. The standard InChI is InChI=1S/C24H24N4OS2/c1-2-13-28-20-11-5-3-9-18(20)26-24(28)30-16-22(29)27-14-7-8-17(15-27)23-25-19-10-4-6-12-21(19)31-23/h2-6,9-12,17H,1,7-8,13-16H2. The number of piperidine rings is 1. The van der Waals surface area contributed by atoms with Gasteiger partial charge < -0.3 is 9.47 Å². The van der Waals surface area contributed by atoms with E-state index in [0.717, 1.165) is 52.6 Å². The molecule has 1 aliphatic heterocycles. The van der Waals surface area contributed by atoms with E-state index < -0.39 is 0 Å². The number of allylic oxidation sites excluding steroid dienone is 1. The largest absolute Gasteiger partial charge is 0.341 e. The van der Waals surface area contributed by atoms with E-state index in [1.165, 1.54) is 16.5 Å². The molecule has 2 aromatic carbocycles. The topological polar surface area (TPSA) is 51.0 Å². The fourth-order valence-electron chi connectivity index (χ4n) is 4.16. The number of para-hydroxylation sites is 3. The number of likely N-dealkylation sites (tertiary alicyclic amines) is 1. The molecule has 0 saturated carbocycles. The molecule has 31 heavy (non-hydrogen) atoms. The molecule has 1 saturated heterocycles. The molecular formula is C24H24N4OS2. The minimum Gasteiger partial charge on any atom is -0.341 e. The number of fused-ring (bicyclic) bond motifs is 2. The van der Waals surface area contributed by atoms with Gasteiger partial charge in [0, 0.05) is 25.6 Å². The number of carbonyl (C=O) groups excluding carboxylic acids is 1. The normalized spacial score (nSPS) is 16.8. The molecule has 7 heteroatoms. The molecule has 0 radical (unpaired) electrons. The summed E-state index contributed by atoms with van der Waals surface area (Å²) in [5.74, 6) is 0.894. The van der Waals surface area contributed by atoms with Crippen LogP contribution in [0.25, 0.3) is 21.3 Å². The van der Waals surface area contributed by atoms with Crippen LogP contribution in [-0.2, 0) is 11.3 Å². The van der Waals surface area contributed by atoms with Crippen LogP contribution in [0.4, 0.5) is 0 Å². The second kappa shape index (κ2) is 8.85. The van der Waals surface area contributed by atoms with Crippen LogP contribution in [0, 0.1) is 0 Å². The molecule has 158 valence electrons. The summed E-state index contributed by atoms with van der Waals surface area (Å²) in [6, 6.07) is 16.3. The third-order valence-electron chi connectivity index (χ3n) is 5.69. The smallest absolute Gasteiger partial charge is 0.233 e. The molecule has 1 unspecified atom stereocenters. The lowest BCUT2D eigenvalue weighted by molar-refractivity contribution is -0.129.